The highest BCUT2D eigenvalue weighted by Gasteiger charge is 2.55. The van der Waals surface area contributed by atoms with E-state index in [1.807, 2.05) is 66.7 Å². The highest BCUT2D eigenvalue weighted by atomic mass is 35.5. The molecule has 0 unspecified atom stereocenters. The number of benzene rings is 5. The number of rotatable bonds is 4. The van der Waals surface area contributed by atoms with Crippen molar-refractivity contribution in [1.82, 2.24) is 0 Å². The van der Waals surface area contributed by atoms with E-state index < -0.39 is 4.99 Å². The number of hydrogen-bond acceptors (Lipinski definition) is 5. The van der Waals surface area contributed by atoms with E-state index in [0.717, 1.165) is 44.4 Å². The first-order valence-corrected chi connectivity index (χ1v) is 13.9. The number of anilines is 2. The normalized spacial score (nSPS) is 18.1. The summed E-state index contributed by atoms with van der Waals surface area (Å²) in [4.78, 5) is -0.805. The van der Waals surface area contributed by atoms with Gasteiger partial charge in [0.05, 0.1) is 17.1 Å². The third kappa shape index (κ3) is 4.02. The molecule has 7 rings (SSSR count). The van der Waals surface area contributed by atoms with Gasteiger partial charge >= 0.3 is 0 Å². The molecule has 2 aliphatic heterocycles. The van der Waals surface area contributed by atoms with Gasteiger partial charge in [-0.1, -0.05) is 115 Å². The van der Waals surface area contributed by atoms with Crippen LogP contribution in [-0.4, -0.2) is 10.8 Å². The number of para-hydroxylation sites is 2. The lowest BCUT2D eigenvalue weighted by molar-refractivity contribution is 0.550. The summed E-state index contributed by atoms with van der Waals surface area (Å²) >= 11 is 7.97. The zero-order valence-electron chi connectivity index (χ0n) is 20.9. The highest BCUT2D eigenvalue weighted by molar-refractivity contribution is 8.15. The average Bonchev–Trinajstić information content (AvgIpc) is 3.40. The maximum atomic E-state index is 6.26. The van der Waals surface area contributed by atoms with Crippen LogP contribution in [0, 0.1) is 0 Å². The Morgan fingerprint density at radius 1 is 0.538 bits per heavy atom. The van der Waals surface area contributed by atoms with Crippen molar-refractivity contribution >= 4 is 45.5 Å². The predicted octanol–water partition coefficient (Wildman–Crippen LogP) is 8.34. The molecule has 0 amide bonds. The molecule has 1 atom stereocenters. The zero-order chi connectivity index (χ0) is 26.2. The number of thioether (sulfide) groups is 1. The average molecular weight is 543 g/mol. The summed E-state index contributed by atoms with van der Waals surface area (Å²) < 4.78 is 0. The lowest BCUT2D eigenvalue weighted by atomic mass is 9.93. The molecule has 0 bridgehead atoms. The van der Waals surface area contributed by atoms with E-state index in [1.165, 1.54) is 0 Å². The van der Waals surface area contributed by atoms with Crippen molar-refractivity contribution in [2.45, 2.75) is 4.99 Å². The van der Waals surface area contributed by atoms with Crippen molar-refractivity contribution < 1.29 is 0 Å². The summed E-state index contributed by atoms with van der Waals surface area (Å²) in [5.41, 5.74) is 7.08. The molecule has 0 saturated carbocycles. The molecule has 0 aliphatic carbocycles. The number of hydrazone groups is 2. The summed E-state index contributed by atoms with van der Waals surface area (Å²) in [5.74, 6) is 0. The van der Waals surface area contributed by atoms with Gasteiger partial charge in [0.25, 0.3) is 0 Å². The smallest absolute Gasteiger partial charge is 0.223 e. The van der Waals surface area contributed by atoms with Gasteiger partial charge in [-0.2, -0.15) is 10.2 Å². The van der Waals surface area contributed by atoms with E-state index in [2.05, 4.69) is 82.8 Å². The molecular formula is C33H23ClN4S. The van der Waals surface area contributed by atoms with Crippen molar-refractivity contribution in [2.24, 2.45) is 10.2 Å². The van der Waals surface area contributed by atoms with Gasteiger partial charge in [0.1, 0.15) is 5.04 Å². The first-order valence-electron chi connectivity index (χ1n) is 12.7. The van der Waals surface area contributed by atoms with Crippen LogP contribution in [-0.2, 0) is 4.99 Å². The van der Waals surface area contributed by atoms with Gasteiger partial charge in [-0.25, -0.2) is 10.0 Å². The Morgan fingerprint density at radius 3 is 1.72 bits per heavy atom. The second-order valence-corrected chi connectivity index (χ2v) is 10.9. The number of halogens is 1. The lowest BCUT2D eigenvalue weighted by Gasteiger charge is -2.47. The van der Waals surface area contributed by atoms with Crippen LogP contribution < -0.4 is 10.0 Å². The van der Waals surface area contributed by atoms with Gasteiger partial charge in [0, 0.05) is 27.3 Å². The van der Waals surface area contributed by atoms with Crippen LogP contribution in [0.3, 0.4) is 0 Å². The molecule has 188 valence electrons. The van der Waals surface area contributed by atoms with Gasteiger partial charge in [0.15, 0.2) is 0 Å². The minimum absolute atomic E-state index is 0.697. The van der Waals surface area contributed by atoms with Crippen LogP contribution in [0.2, 0.25) is 5.02 Å². The lowest BCUT2D eigenvalue weighted by Crippen LogP contribution is -2.54. The molecule has 1 spiro atoms. The van der Waals surface area contributed by atoms with Crippen LogP contribution in [0.25, 0.3) is 0 Å². The minimum atomic E-state index is -0.805. The maximum Gasteiger partial charge on any atom is 0.234 e. The molecule has 0 fully saturated rings. The Balaban J connectivity index is 1.52. The van der Waals surface area contributed by atoms with Crippen molar-refractivity contribution in [1.29, 1.82) is 0 Å². The number of fused-ring (bicyclic) bond motifs is 2. The Bertz CT molecular complexity index is 1690. The van der Waals surface area contributed by atoms with E-state index in [9.17, 15) is 0 Å². The van der Waals surface area contributed by atoms with Crippen molar-refractivity contribution in [3.63, 3.8) is 0 Å². The van der Waals surface area contributed by atoms with Crippen molar-refractivity contribution in [3.8, 4) is 0 Å². The summed E-state index contributed by atoms with van der Waals surface area (Å²) in [6.45, 7) is 0. The number of nitrogens with zero attached hydrogens (tertiary/aromatic N) is 4. The first-order chi connectivity index (χ1) is 19.2. The van der Waals surface area contributed by atoms with E-state index >= 15 is 0 Å². The molecule has 0 radical (unpaired) electrons. The van der Waals surface area contributed by atoms with Crippen LogP contribution >= 0.6 is 23.4 Å². The van der Waals surface area contributed by atoms with E-state index in [0.29, 0.717) is 5.02 Å². The Labute approximate surface area is 236 Å². The van der Waals surface area contributed by atoms with Gasteiger partial charge in [-0.05, 0) is 48.2 Å². The third-order valence-electron chi connectivity index (χ3n) is 6.88. The molecule has 6 heteroatoms. The maximum absolute atomic E-state index is 6.26. The van der Waals surface area contributed by atoms with Gasteiger partial charge in [0.2, 0.25) is 4.99 Å². The Morgan fingerprint density at radius 2 is 1.08 bits per heavy atom. The molecule has 39 heavy (non-hydrogen) atoms. The fraction of sp³-hybridized carbons (Fsp3) is 0.0303. The molecule has 0 saturated heterocycles. The molecule has 2 heterocycles. The van der Waals surface area contributed by atoms with Gasteiger partial charge in [-0.3, -0.25) is 0 Å². The molecule has 0 N–H and O–H groups in total. The summed E-state index contributed by atoms with van der Waals surface area (Å²) in [6, 6.07) is 47.4. The monoisotopic (exact) mass is 542 g/mol. The van der Waals surface area contributed by atoms with Crippen LogP contribution in [0.4, 0.5) is 11.4 Å². The molecule has 0 aromatic heterocycles. The van der Waals surface area contributed by atoms with Crippen molar-refractivity contribution in [2.75, 3.05) is 10.0 Å². The second kappa shape index (κ2) is 9.77. The van der Waals surface area contributed by atoms with Crippen LogP contribution in [0.1, 0.15) is 22.3 Å². The molecular weight excluding hydrogens is 520 g/mol. The quantitative estimate of drug-likeness (QED) is 0.229. The topological polar surface area (TPSA) is 31.2 Å². The Hall–Kier alpha value is -4.32. The molecule has 5 aromatic carbocycles. The molecule has 2 aliphatic rings. The van der Waals surface area contributed by atoms with Crippen molar-refractivity contribution in [3.05, 3.63) is 167 Å². The van der Waals surface area contributed by atoms with Gasteiger partial charge < -0.3 is 0 Å². The summed E-state index contributed by atoms with van der Waals surface area (Å²) in [5, 5.41) is 16.5. The first kappa shape index (κ1) is 23.8. The van der Waals surface area contributed by atoms with E-state index in [4.69, 9.17) is 21.8 Å². The Kier molecular flexibility index (Phi) is 5.95. The summed E-state index contributed by atoms with van der Waals surface area (Å²) in [7, 11) is 0. The fourth-order valence-corrected chi connectivity index (χ4v) is 6.62. The predicted molar refractivity (Wildman–Crippen MR) is 164 cm³/mol. The fourth-order valence-electron chi connectivity index (χ4n) is 5.09. The molecule has 4 nitrogen and oxygen atoms in total. The third-order valence-corrected chi connectivity index (χ3v) is 8.49. The standard InChI is InChI=1S/C33H23ClN4S/c34-26-22-20-24(21-23-26)31-29-18-10-11-19-30(29)33(37(35-31)27-14-6-2-7-15-27)38(28-16-8-3-9-17-28)36-32(39-33)25-12-4-1-5-13-25/h1-23H/t33-/m0/s1. The van der Waals surface area contributed by atoms with E-state index in [1.54, 1.807) is 11.8 Å². The van der Waals surface area contributed by atoms with Gasteiger partial charge in [-0.15, -0.1) is 0 Å². The summed E-state index contributed by atoms with van der Waals surface area (Å²) in [6.07, 6.45) is 0. The SMILES string of the molecule is Clc1ccc(C2=NN(c3ccccc3)[C@@]3(SC(c4ccccc4)=NN3c3ccccc3)c3ccccc32)cc1. The van der Waals surface area contributed by atoms with Crippen LogP contribution in [0.15, 0.2) is 150 Å². The zero-order valence-corrected chi connectivity index (χ0v) is 22.4. The largest absolute Gasteiger partial charge is 0.234 e. The second-order valence-electron chi connectivity index (χ2n) is 9.28. The molecule has 5 aromatic rings. The van der Waals surface area contributed by atoms with E-state index in [-0.39, 0.29) is 0 Å². The number of hydrogen-bond donors (Lipinski definition) is 0. The van der Waals surface area contributed by atoms with Crippen LogP contribution in [0.5, 0.6) is 0 Å². The highest BCUT2D eigenvalue weighted by Crippen LogP contribution is 2.55. The minimum Gasteiger partial charge on any atom is -0.223 e.